The fraction of sp³-hybridized carbons (Fsp3) is 0.150. The van der Waals surface area contributed by atoms with E-state index in [-0.39, 0.29) is 11.6 Å². The number of rotatable bonds is 1. The molecule has 0 radical (unpaired) electrons. The van der Waals surface area contributed by atoms with Crippen LogP contribution in [0.4, 0.5) is 4.39 Å². The van der Waals surface area contributed by atoms with Gasteiger partial charge < -0.3 is 9.84 Å². The highest BCUT2D eigenvalue weighted by atomic mass is 19.1. The SMILES string of the molecule is CC1(C)Oc2cc(-c3ccncc3)cc(O)c2-c2cc(F)ccc21. The highest BCUT2D eigenvalue weighted by Gasteiger charge is 2.34. The molecule has 1 aliphatic rings. The summed E-state index contributed by atoms with van der Waals surface area (Å²) < 4.78 is 19.9. The molecule has 0 bridgehead atoms. The van der Waals surface area contributed by atoms with E-state index in [0.29, 0.717) is 16.9 Å². The highest BCUT2D eigenvalue weighted by molar-refractivity contribution is 5.85. The lowest BCUT2D eigenvalue weighted by atomic mass is 9.85. The smallest absolute Gasteiger partial charge is 0.132 e. The Bertz CT molecular complexity index is 936. The van der Waals surface area contributed by atoms with Crippen molar-refractivity contribution in [3.63, 3.8) is 0 Å². The summed E-state index contributed by atoms with van der Waals surface area (Å²) in [5, 5.41) is 10.6. The Morgan fingerprint density at radius 3 is 2.50 bits per heavy atom. The number of hydrogen-bond donors (Lipinski definition) is 1. The van der Waals surface area contributed by atoms with Crippen LogP contribution in [0, 0.1) is 5.82 Å². The Morgan fingerprint density at radius 1 is 1.00 bits per heavy atom. The van der Waals surface area contributed by atoms with Crippen LogP contribution in [0.25, 0.3) is 22.3 Å². The van der Waals surface area contributed by atoms with Gasteiger partial charge in [0.1, 0.15) is 22.9 Å². The number of phenols is 1. The van der Waals surface area contributed by atoms with Crippen LogP contribution in [0.1, 0.15) is 19.4 Å². The van der Waals surface area contributed by atoms with Crippen molar-refractivity contribution in [2.75, 3.05) is 0 Å². The van der Waals surface area contributed by atoms with Crippen LogP contribution < -0.4 is 4.74 Å². The molecule has 0 fully saturated rings. The summed E-state index contributed by atoms with van der Waals surface area (Å²) in [6.45, 7) is 3.87. The quantitative estimate of drug-likeness (QED) is 0.694. The molecule has 24 heavy (non-hydrogen) atoms. The minimum atomic E-state index is -0.612. The van der Waals surface area contributed by atoms with Gasteiger partial charge in [0.25, 0.3) is 0 Å². The fourth-order valence-corrected chi connectivity index (χ4v) is 3.24. The van der Waals surface area contributed by atoms with Gasteiger partial charge in [-0.3, -0.25) is 4.98 Å². The Labute approximate surface area is 139 Å². The molecule has 3 nitrogen and oxygen atoms in total. The third-order valence-corrected chi connectivity index (χ3v) is 4.36. The zero-order valence-electron chi connectivity index (χ0n) is 13.4. The molecule has 0 aliphatic carbocycles. The Hall–Kier alpha value is -2.88. The van der Waals surface area contributed by atoms with Crippen molar-refractivity contribution in [2.24, 2.45) is 0 Å². The first kappa shape index (κ1) is 14.7. The van der Waals surface area contributed by atoms with Crippen molar-refractivity contribution in [1.29, 1.82) is 0 Å². The molecule has 3 aromatic rings. The molecule has 2 aromatic carbocycles. The average Bonchev–Trinajstić information content (AvgIpc) is 2.54. The second-order valence-corrected chi connectivity index (χ2v) is 6.41. The molecule has 4 rings (SSSR count). The lowest BCUT2D eigenvalue weighted by Crippen LogP contribution is -2.29. The van der Waals surface area contributed by atoms with Gasteiger partial charge in [0.15, 0.2) is 0 Å². The normalized spacial score (nSPS) is 14.5. The van der Waals surface area contributed by atoms with Crippen LogP contribution in [0.5, 0.6) is 11.5 Å². The van der Waals surface area contributed by atoms with Crippen molar-refractivity contribution in [3.8, 4) is 33.8 Å². The first-order valence-corrected chi connectivity index (χ1v) is 7.72. The average molecular weight is 321 g/mol. The predicted octanol–water partition coefficient (Wildman–Crippen LogP) is 4.89. The molecular weight excluding hydrogens is 305 g/mol. The van der Waals surface area contributed by atoms with E-state index < -0.39 is 5.60 Å². The Balaban J connectivity index is 1.97. The summed E-state index contributed by atoms with van der Waals surface area (Å²) in [7, 11) is 0. The monoisotopic (exact) mass is 321 g/mol. The molecule has 1 aliphatic heterocycles. The number of benzene rings is 2. The number of phenolic OH excluding ortho intramolecular Hbond substituents is 1. The highest BCUT2D eigenvalue weighted by Crippen LogP contribution is 2.50. The van der Waals surface area contributed by atoms with Crippen molar-refractivity contribution in [1.82, 2.24) is 4.98 Å². The topological polar surface area (TPSA) is 42.4 Å². The number of ether oxygens (including phenoxy) is 1. The van der Waals surface area contributed by atoms with Gasteiger partial charge in [-0.2, -0.15) is 0 Å². The summed E-state index contributed by atoms with van der Waals surface area (Å²) >= 11 is 0. The van der Waals surface area contributed by atoms with Gasteiger partial charge in [-0.05, 0) is 66.9 Å². The molecule has 0 spiro atoms. The number of aromatic hydroxyl groups is 1. The van der Waals surface area contributed by atoms with Crippen molar-refractivity contribution >= 4 is 0 Å². The van der Waals surface area contributed by atoms with Crippen LogP contribution >= 0.6 is 0 Å². The van der Waals surface area contributed by atoms with E-state index in [4.69, 9.17) is 4.74 Å². The van der Waals surface area contributed by atoms with Gasteiger partial charge in [-0.15, -0.1) is 0 Å². The fourth-order valence-electron chi connectivity index (χ4n) is 3.24. The number of hydrogen-bond acceptors (Lipinski definition) is 3. The minimum Gasteiger partial charge on any atom is -0.507 e. The predicted molar refractivity (Wildman–Crippen MR) is 90.4 cm³/mol. The second kappa shape index (κ2) is 5.06. The minimum absolute atomic E-state index is 0.0710. The zero-order chi connectivity index (χ0) is 16.9. The number of aromatic nitrogens is 1. The van der Waals surface area contributed by atoms with Crippen molar-refractivity contribution in [3.05, 3.63) is 66.2 Å². The third-order valence-electron chi connectivity index (χ3n) is 4.36. The third kappa shape index (κ3) is 2.22. The van der Waals surface area contributed by atoms with Gasteiger partial charge in [0.2, 0.25) is 0 Å². The van der Waals surface area contributed by atoms with E-state index in [1.165, 1.54) is 12.1 Å². The molecule has 0 amide bonds. The first-order chi connectivity index (χ1) is 11.5. The van der Waals surface area contributed by atoms with E-state index in [1.54, 1.807) is 24.5 Å². The Morgan fingerprint density at radius 2 is 1.75 bits per heavy atom. The molecule has 1 N–H and O–H groups in total. The molecule has 120 valence electrons. The van der Waals surface area contributed by atoms with Crippen molar-refractivity contribution in [2.45, 2.75) is 19.4 Å². The molecule has 0 saturated heterocycles. The molecule has 1 aromatic heterocycles. The van der Waals surface area contributed by atoms with Crippen LogP contribution in [-0.2, 0) is 5.60 Å². The maximum absolute atomic E-state index is 13.8. The number of fused-ring (bicyclic) bond motifs is 3. The van der Waals surface area contributed by atoms with E-state index in [2.05, 4.69) is 4.98 Å². The number of nitrogens with zero attached hydrogens (tertiary/aromatic N) is 1. The van der Waals surface area contributed by atoms with Gasteiger partial charge in [-0.1, -0.05) is 6.07 Å². The second-order valence-electron chi connectivity index (χ2n) is 6.41. The summed E-state index contributed by atoms with van der Waals surface area (Å²) in [4.78, 5) is 4.01. The van der Waals surface area contributed by atoms with Crippen LogP contribution in [0.15, 0.2) is 54.9 Å². The first-order valence-electron chi connectivity index (χ1n) is 7.72. The Kier molecular flexibility index (Phi) is 3.10. The van der Waals surface area contributed by atoms with E-state index in [9.17, 15) is 9.50 Å². The molecule has 2 heterocycles. The van der Waals surface area contributed by atoms with E-state index in [1.807, 2.05) is 32.0 Å². The summed E-state index contributed by atoms with van der Waals surface area (Å²) in [6.07, 6.45) is 3.39. The lowest BCUT2D eigenvalue weighted by Gasteiger charge is -2.35. The summed E-state index contributed by atoms with van der Waals surface area (Å²) in [5.74, 6) is 0.279. The van der Waals surface area contributed by atoms with Crippen LogP contribution in [0.3, 0.4) is 0 Å². The number of halogens is 1. The van der Waals surface area contributed by atoms with E-state index >= 15 is 0 Å². The maximum Gasteiger partial charge on any atom is 0.132 e. The maximum atomic E-state index is 13.8. The van der Waals surface area contributed by atoms with Gasteiger partial charge >= 0.3 is 0 Å². The van der Waals surface area contributed by atoms with Gasteiger partial charge in [-0.25, -0.2) is 4.39 Å². The molecule has 0 saturated carbocycles. The summed E-state index contributed by atoms with van der Waals surface area (Å²) in [5.41, 5.74) is 3.18. The van der Waals surface area contributed by atoms with Crippen molar-refractivity contribution < 1.29 is 14.2 Å². The zero-order valence-corrected chi connectivity index (χ0v) is 13.4. The molecule has 0 unspecified atom stereocenters. The van der Waals surface area contributed by atoms with E-state index in [0.717, 1.165) is 16.7 Å². The standard InChI is InChI=1S/C20H16FNO2/c1-20(2)16-4-3-14(21)11-15(16)19-17(23)9-13(10-18(19)24-20)12-5-7-22-8-6-12/h3-11,23H,1-2H3. The van der Waals surface area contributed by atoms with Crippen LogP contribution in [-0.4, -0.2) is 10.1 Å². The van der Waals surface area contributed by atoms with Gasteiger partial charge in [0.05, 0.1) is 5.56 Å². The largest absolute Gasteiger partial charge is 0.507 e. The van der Waals surface area contributed by atoms with Gasteiger partial charge in [0, 0.05) is 18.0 Å². The molecular formula is C20H16FNO2. The molecule has 0 atom stereocenters. The summed E-state index contributed by atoms with van der Waals surface area (Å²) in [6, 6.07) is 11.8. The molecule has 4 heteroatoms. The van der Waals surface area contributed by atoms with Crippen LogP contribution in [0.2, 0.25) is 0 Å². The number of pyridine rings is 1. The lowest BCUT2D eigenvalue weighted by molar-refractivity contribution is 0.105.